The fourth-order valence-electron chi connectivity index (χ4n) is 3.94. The highest BCUT2D eigenvalue weighted by Crippen LogP contribution is 2.30. The summed E-state index contributed by atoms with van der Waals surface area (Å²) in [7, 11) is 0. The van der Waals surface area contributed by atoms with Crippen LogP contribution < -0.4 is 5.32 Å². The summed E-state index contributed by atoms with van der Waals surface area (Å²) in [4.78, 5) is 28.0. The molecule has 6 heteroatoms. The molecule has 0 aromatic heterocycles. The molecule has 3 saturated heterocycles. The predicted molar refractivity (Wildman–Crippen MR) is 93.5 cm³/mol. The number of piperidine rings is 1. The SMILES string of the molecule is Cc1ccc(C2CN(C(=O)N3CC[C@@H]4OCC(=O)NC4C3)C2)cc1C. The van der Waals surface area contributed by atoms with Crippen molar-refractivity contribution in [1.29, 1.82) is 0 Å². The first-order chi connectivity index (χ1) is 12.0. The lowest BCUT2D eigenvalue weighted by Crippen LogP contribution is -2.63. The Morgan fingerprint density at radius 3 is 2.72 bits per heavy atom. The normalized spacial score (nSPS) is 26.7. The van der Waals surface area contributed by atoms with Crippen LogP contribution in [0.25, 0.3) is 0 Å². The van der Waals surface area contributed by atoms with Gasteiger partial charge in [-0.05, 0) is 37.0 Å². The van der Waals surface area contributed by atoms with Gasteiger partial charge in [-0.25, -0.2) is 4.79 Å². The van der Waals surface area contributed by atoms with Gasteiger partial charge in [-0.15, -0.1) is 0 Å². The maximum atomic E-state index is 12.7. The number of fused-ring (bicyclic) bond motifs is 1. The van der Waals surface area contributed by atoms with Gasteiger partial charge in [0.2, 0.25) is 5.91 Å². The van der Waals surface area contributed by atoms with Gasteiger partial charge in [-0.1, -0.05) is 18.2 Å². The molecule has 0 spiro atoms. The molecule has 0 aliphatic carbocycles. The second-order valence-corrected chi connectivity index (χ2v) is 7.49. The zero-order chi connectivity index (χ0) is 17.6. The molecule has 1 unspecified atom stereocenters. The molecule has 6 nitrogen and oxygen atoms in total. The van der Waals surface area contributed by atoms with Gasteiger partial charge in [-0.2, -0.15) is 0 Å². The van der Waals surface area contributed by atoms with E-state index >= 15 is 0 Å². The Morgan fingerprint density at radius 1 is 1.16 bits per heavy atom. The quantitative estimate of drug-likeness (QED) is 0.839. The number of aryl methyl sites for hydroxylation is 2. The van der Waals surface area contributed by atoms with Gasteiger partial charge in [0.1, 0.15) is 6.61 Å². The van der Waals surface area contributed by atoms with Gasteiger partial charge >= 0.3 is 6.03 Å². The minimum Gasteiger partial charge on any atom is -0.366 e. The minimum absolute atomic E-state index is 0.0430. The molecule has 0 saturated carbocycles. The Labute approximate surface area is 148 Å². The molecule has 4 rings (SSSR count). The Balaban J connectivity index is 1.34. The number of amides is 3. The molecular weight excluding hydrogens is 318 g/mol. The number of nitrogens with one attached hydrogen (secondary N) is 1. The van der Waals surface area contributed by atoms with Gasteiger partial charge in [0.05, 0.1) is 12.1 Å². The number of benzene rings is 1. The number of urea groups is 1. The van der Waals surface area contributed by atoms with E-state index in [2.05, 4.69) is 37.4 Å². The Hall–Kier alpha value is -2.08. The van der Waals surface area contributed by atoms with Crippen molar-refractivity contribution in [1.82, 2.24) is 15.1 Å². The van der Waals surface area contributed by atoms with Crippen LogP contribution in [0.1, 0.15) is 29.0 Å². The highest BCUT2D eigenvalue weighted by Gasteiger charge is 2.40. The number of carbonyl (C=O) groups is 2. The van der Waals surface area contributed by atoms with E-state index in [1.54, 1.807) is 0 Å². The molecule has 1 aromatic rings. The van der Waals surface area contributed by atoms with Crippen molar-refractivity contribution in [3.8, 4) is 0 Å². The van der Waals surface area contributed by atoms with E-state index in [0.717, 1.165) is 19.5 Å². The fourth-order valence-corrected chi connectivity index (χ4v) is 3.94. The van der Waals surface area contributed by atoms with E-state index in [9.17, 15) is 9.59 Å². The van der Waals surface area contributed by atoms with Crippen LogP contribution in [-0.4, -0.2) is 66.7 Å². The summed E-state index contributed by atoms with van der Waals surface area (Å²) in [5.74, 6) is 0.341. The second kappa shape index (κ2) is 6.33. The number of ether oxygens (including phenoxy) is 1. The molecule has 3 heterocycles. The van der Waals surface area contributed by atoms with Crippen LogP contribution in [0.3, 0.4) is 0 Å². The molecule has 2 atom stereocenters. The van der Waals surface area contributed by atoms with Gasteiger partial charge in [0, 0.05) is 32.1 Å². The van der Waals surface area contributed by atoms with E-state index in [4.69, 9.17) is 4.74 Å². The smallest absolute Gasteiger partial charge is 0.320 e. The van der Waals surface area contributed by atoms with Crippen molar-refractivity contribution in [2.45, 2.75) is 38.3 Å². The van der Waals surface area contributed by atoms with Crippen LogP contribution in [0.5, 0.6) is 0 Å². The van der Waals surface area contributed by atoms with E-state index in [-0.39, 0.29) is 30.7 Å². The Kier molecular flexibility index (Phi) is 4.15. The lowest BCUT2D eigenvalue weighted by atomic mass is 9.89. The monoisotopic (exact) mass is 343 g/mol. The van der Waals surface area contributed by atoms with Crippen LogP contribution in [0.15, 0.2) is 18.2 Å². The molecular formula is C19H25N3O3. The summed E-state index contributed by atoms with van der Waals surface area (Å²) in [6.45, 7) is 7.17. The topological polar surface area (TPSA) is 61.9 Å². The minimum atomic E-state index is -0.0886. The Bertz CT molecular complexity index is 699. The lowest BCUT2D eigenvalue weighted by Gasteiger charge is -2.46. The third-order valence-corrected chi connectivity index (χ3v) is 5.75. The van der Waals surface area contributed by atoms with E-state index in [0.29, 0.717) is 19.0 Å². The molecule has 25 heavy (non-hydrogen) atoms. The van der Waals surface area contributed by atoms with Crippen LogP contribution in [-0.2, 0) is 9.53 Å². The van der Waals surface area contributed by atoms with Gasteiger partial charge in [0.25, 0.3) is 0 Å². The standard InChI is InChI=1S/C19H25N3O3/c1-12-3-4-14(7-13(12)2)15-8-22(9-15)19(24)21-6-5-17-16(10-21)20-18(23)11-25-17/h3-4,7,15-17H,5-6,8-11H2,1-2H3,(H,20,23)/t16?,17-/m0/s1. The number of likely N-dealkylation sites (tertiary alicyclic amines) is 2. The number of hydrogen-bond acceptors (Lipinski definition) is 3. The predicted octanol–water partition coefficient (Wildman–Crippen LogP) is 1.41. The number of nitrogens with zero attached hydrogens (tertiary/aromatic N) is 2. The van der Waals surface area contributed by atoms with E-state index in [1.807, 2.05) is 9.80 Å². The first-order valence-corrected chi connectivity index (χ1v) is 9.03. The first kappa shape index (κ1) is 16.4. The molecule has 0 bridgehead atoms. The zero-order valence-electron chi connectivity index (χ0n) is 14.8. The third kappa shape index (κ3) is 3.11. The van der Waals surface area contributed by atoms with Crippen LogP contribution in [0, 0.1) is 13.8 Å². The van der Waals surface area contributed by atoms with E-state index in [1.165, 1.54) is 16.7 Å². The molecule has 134 valence electrons. The lowest BCUT2D eigenvalue weighted by molar-refractivity contribution is -0.139. The van der Waals surface area contributed by atoms with Crippen molar-refractivity contribution in [3.63, 3.8) is 0 Å². The largest absolute Gasteiger partial charge is 0.366 e. The average Bonchev–Trinajstić information content (AvgIpc) is 2.56. The molecule has 3 amide bonds. The second-order valence-electron chi connectivity index (χ2n) is 7.49. The van der Waals surface area contributed by atoms with Crippen LogP contribution in [0.4, 0.5) is 4.79 Å². The van der Waals surface area contributed by atoms with Crippen LogP contribution >= 0.6 is 0 Å². The van der Waals surface area contributed by atoms with Gasteiger partial charge in [-0.3, -0.25) is 4.79 Å². The molecule has 1 N–H and O–H groups in total. The first-order valence-electron chi connectivity index (χ1n) is 9.03. The number of carbonyl (C=O) groups excluding carboxylic acids is 2. The zero-order valence-corrected chi connectivity index (χ0v) is 14.8. The van der Waals surface area contributed by atoms with Crippen molar-refractivity contribution in [2.75, 3.05) is 32.8 Å². The summed E-state index contributed by atoms with van der Waals surface area (Å²) < 4.78 is 5.56. The molecule has 3 aliphatic rings. The third-order valence-electron chi connectivity index (χ3n) is 5.75. The highest BCUT2D eigenvalue weighted by atomic mass is 16.5. The maximum absolute atomic E-state index is 12.7. The summed E-state index contributed by atoms with van der Waals surface area (Å²) >= 11 is 0. The number of rotatable bonds is 1. The highest BCUT2D eigenvalue weighted by molar-refractivity contribution is 5.79. The van der Waals surface area contributed by atoms with Gasteiger partial charge < -0.3 is 19.9 Å². The molecule has 0 radical (unpaired) electrons. The van der Waals surface area contributed by atoms with Crippen molar-refractivity contribution in [3.05, 3.63) is 34.9 Å². The molecule has 3 fully saturated rings. The van der Waals surface area contributed by atoms with Crippen LogP contribution in [0.2, 0.25) is 0 Å². The van der Waals surface area contributed by atoms with Crippen molar-refractivity contribution >= 4 is 11.9 Å². The molecule has 3 aliphatic heterocycles. The van der Waals surface area contributed by atoms with Crippen molar-refractivity contribution < 1.29 is 14.3 Å². The summed E-state index contributed by atoms with van der Waals surface area (Å²) in [6.07, 6.45) is 0.826. The maximum Gasteiger partial charge on any atom is 0.320 e. The molecule has 1 aromatic carbocycles. The number of hydrogen-bond donors (Lipinski definition) is 1. The van der Waals surface area contributed by atoms with E-state index < -0.39 is 0 Å². The fraction of sp³-hybridized carbons (Fsp3) is 0.579. The summed E-state index contributed by atoms with van der Waals surface area (Å²) in [5, 5.41) is 2.95. The summed E-state index contributed by atoms with van der Waals surface area (Å²) in [6, 6.07) is 6.58. The summed E-state index contributed by atoms with van der Waals surface area (Å²) in [5.41, 5.74) is 3.92. The van der Waals surface area contributed by atoms with Crippen molar-refractivity contribution in [2.24, 2.45) is 0 Å². The Morgan fingerprint density at radius 2 is 1.96 bits per heavy atom. The van der Waals surface area contributed by atoms with Gasteiger partial charge in [0.15, 0.2) is 0 Å². The average molecular weight is 343 g/mol. The number of morpholine rings is 1.